The highest BCUT2D eigenvalue weighted by Crippen LogP contribution is 2.06. The fourth-order valence-corrected chi connectivity index (χ4v) is 2.06. The van der Waals surface area contributed by atoms with Gasteiger partial charge in [0.15, 0.2) is 0 Å². The number of aliphatic hydroxyl groups is 1. The van der Waals surface area contributed by atoms with Crippen LogP contribution in [0.1, 0.15) is 32.6 Å². The van der Waals surface area contributed by atoms with E-state index >= 15 is 0 Å². The van der Waals surface area contributed by atoms with E-state index in [0.717, 1.165) is 25.0 Å². The lowest BCUT2D eigenvalue weighted by molar-refractivity contribution is -0.141. The van der Waals surface area contributed by atoms with Gasteiger partial charge in [-0.15, -0.1) is 0 Å². The van der Waals surface area contributed by atoms with E-state index in [2.05, 4.69) is 12.2 Å². The molecule has 17 heavy (non-hydrogen) atoms. The molecule has 5 nitrogen and oxygen atoms in total. The maximum Gasteiger partial charge on any atom is 0.326 e. The average Bonchev–Trinajstić information content (AvgIpc) is 2.28. The summed E-state index contributed by atoms with van der Waals surface area (Å²) in [5.41, 5.74) is 0. The first-order chi connectivity index (χ1) is 8.11. The van der Waals surface area contributed by atoms with Crippen molar-refractivity contribution in [2.45, 2.75) is 38.6 Å². The number of thioether (sulfide) groups is 1. The molecule has 0 rings (SSSR count). The summed E-state index contributed by atoms with van der Waals surface area (Å²) < 4.78 is 0. The Bertz CT molecular complexity index is 236. The topological polar surface area (TPSA) is 86.6 Å². The number of hydrogen-bond donors (Lipinski definition) is 3. The van der Waals surface area contributed by atoms with Crippen LogP contribution in [-0.4, -0.2) is 46.2 Å². The first kappa shape index (κ1) is 16.2. The van der Waals surface area contributed by atoms with Gasteiger partial charge in [-0.3, -0.25) is 4.79 Å². The van der Waals surface area contributed by atoms with E-state index in [0.29, 0.717) is 0 Å². The molecule has 1 atom stereocenters. The second-order valence-corrected chi connectivity index (χ2v) is 4.84. The van der Waals surface area contributed by atoms with Crippen molar-refractivity contribution in [3.63, 3.8) is 0 Å². The van der Waals surface area contributed by atoms with Crippen molar-refractivity contribution in [3.8, 4) is 0 Å². The summed E-state index contributed by atoms with van der Waals surface area (Å²) in [6.07, 6.45) is 3.41. The molecule has 0 saturated carbocycles. The molecule has 0 heterocycles. The van der Waals surface area contributed by atoms with Crippen molar-refractivity contribution >= 4 is 23.6 Å². The Labute approximate surface area is 106 Å². The standard InChI is InChI=1S/C11H21NO4S/c1-2-3-4-7-17-8-10(14)12-9(5-6-13)11(15)16/h9,13H,2-8H2,1H3,(H,12,14)(H,15,16)/t9-/m0/s1. The van der Waals surface area contributed by atoms with E-state index in [1.54, 1.807) is 0 Å². The number of nitrogens with one attached hydrogen (secondary N) is 1. The molecular formula is C11H21NO4S. The molecule has 1 amide bonds. The number of aliphatic hydroxyl groups excluding tert-OH is 1. The molecule has 0 aliphatic rings. The number of amides is 1. The van der Waals surface area contributed by atoms with Gasteiger partial charge in [0.25, 0.3) is 0 Å². The first-order valence-electron chi connectivity index (χ1n) is 5.82. The molecular weight excluding hydrogens is 242 g/mol. The van der Waals surface area contributed by atoms with E-state index in [1.165, 1.54) is 11.8 Å². The molecule has 0 aromatic rings. The monoisotopic (exact) mass is 263 g/mol. The third-order valence-corrected chi connectivity index (χ3v) is 3.22. The number of carboxylic acid groups (broad SMARTS) is 1. The Balaban J connectivity index is 3.71. The van der Waals surface area contributed by atoms with E-state index < -0.39 is 12.0 Å². The molecule has 0 aliphatic carbocycles. The van der Waals surface area contributed by atoms with Gasteiger partial charge in [0, 0.05) is 13.0 Å². The van der Waals surface area contributed by atoms with Crippen molar-refractivity contribution in [1.29, 1.82) is 0 Å². The van der Waals surface area contributed by atoms with Crippen molar-refractivity contribution in [1.82, 2.24) is 5.32 Å². The zero-order valence-corrected chi connectivity index (χ0v) is 11.0. The van der Waals surface area contributed by atoms with Crippen LogP contribution in [0.3, 0.4) is 0 Å². The van der Waals surface area contributed by atoms with Gasteiger partial charge in [-0.2, -0.15) is 11.8 Å². The van der Waals surface area contributed by atoms with Crippen molar-refractivity contribution in [2.75, 3.05) is 18.1 Å². The van der Waals surface area contributed by atoms with Crippen LogP contribution in [0.25, 0.3) is 0 Å². The summed E-state index contributed by atoms with van der Waals surface area (Å²) in [4.78, 5) is 22.1. The van der Waals surface area contributed by atoms with Crippen LogP contribution >= 0.6 is 11.8 Å². The minimum Gasteiger partial charge on any atom is -0.480 e. The quantitative estimate of drug-likeness (QED) is 0.509. The zero-order chi connectivity index (χ0) is 13.1. The average molecular weight is 263 g/mol. The largest absolute Gasteiger partial charge is 0.480 e. The van der Waals surface area contributed by atoms with Gasteiger partial charge in [0.05, 0.1) is 5.75 Å². The predicted molar refractivity (Wildman–Crippen MR) is 68.1 cm³/mol. The second kappa shape index (κ2) is 10.4. The lowest BCUT2D eigenvalue weighted by atomic mass is 10.2. The van der Waals surface area contributed by atoms with Crippen LogP contribution in [0.4, 0.5) is 0 Å². The Morgan fingerprint density at radius 2 is 2.06 bits per heavy atom. The molecule has 0 aliphatic heterocycles. The predicted octanol–water partition coefficient (Wildman–Crippen LogP) is 0.862. The molecule has 0 aromatic carbocycles. The molecule has 0 saturated heterocycles. The number of carbonyl (C=O) groups is 2. The zero-order valence-electron chi connectivity index (χ0n) is 10.1. The van der Waals surface area contributed by atoms with Gasteiger partial charge in [-0.25, -0.2) is 4.79 Å². The van der Waals surface area contributed by atoms with Gasteiger partial charge in [-0.1, -0.05) is 19.8 Å². The summed E-state index contributed by atoms with van der Waals surface area (Å²) >= 11 is 1.51. The van der Waals surface area contributed by atoms with Crippen LogP contribution < -0.4 is 5.32 Å². The molecule has 0 fully saturated rings. The van der Waals surface area contributed by atoms with Crippen LogP contribution in [0.15, 0.2) is 0 Å². The van der Waals surface area contributed by atoms with E-state index in [-0.39, 0.29) is 24.7 Å². The fraction of sp³-hybridized carbons (Fsp3) is 0.818. The van der Waals surface area contributed by atoms with E-state index in [1.807, 2.05) is 0 Å². The van der Waals surface area contributed by atoms with E-state index in [9.17, 15) is 9.59 Å². The molecule has 3 N–H and O–H groups in total. The van der Waals surface area contributed by atoms with Crippen molar-refractivity contribution < 1.29 is 19.8 Å². The van der Waals surface area contributed by atoms with E-state index in [4.69, 9.17) is 10.2 Å². The smallest absolute Gasteiger partial charge is 0.326 e. The Hall–Kier alpha value is -0.750. The minimum absolute atomic E-state index is 0.0432. The molecule has 0 spiro atoms. The van der Waals surface area contributed by atoms with Gasteiger partial charge < -0.3 is 15.5 Å². The highest BCUT2D eigenvalue weighted by Gasteiger charge is 2.18. The summed E-state index contributed by atoms with van der Waals surface area (Å²) in [5, 5.41) is 19.8. The summed E-state index contributed by atoms with van der Waals surface area (Å²) in [6.45, 7) is 1.87. The molecule has 0 aromatic heterocycles. The number of rotatable bonds is 10. The summed E-state index contributed by atoms with van der Waals surface area (Å²) in [7, 11) is 0. The Morgan fingerprint density at radius 1 is 1.35 bits per heavy atom. The third-order valence-electron chi connectivity index (χ3n) is 2.18. The Morgan fingerprint density at radius 3 is 2.59 bits per heavy atom. The van der Waals surface area contributed by atoms with Crippen molar-refractivity contribution in [3.05, 3.63) is 0 Å². The minimum atomic E-state index is -1.11. The van der Waals surface area contributed by atoms with Gasteiger partial charge in [0.1, 0.15) is 6.04 Å². The lowest BCUT2D eigenvalue weighted by Gasteiger charge is -2.12. The van der Waals surface area contributed by atoms with Gasteiger partial charge in [-0.05, 0) is 12.2 Å². The molecule has 0 unspecified atom stereocenters. The molecule has 0 radical (unpaired) electrons. The number of hydrogen-bond acceptors (Lipinski definition) is 4. The number of aliphatic carboxylic acids is 1. The summed E-state index contributed by atoms with van der Waals surface area (Å²) in [6, 6.07) is -0.983. The maximum absolute atomic E-state index is 11.4. The van der Waals surface area contributed by atoms with Crippen molar-refractivity contribution in [2.24, 2.45) is 0 Å². The third kappa shape index (κ3) is 9.00. The molecule has 6 heteroatoms. The maximum atomic E-state index is 11.4. The highest BCUT2D eigenvalue weighted by molar-refractivity contribution is 7.99. The second-order valence-electron chi connectivity index (χ2n) is 3.73. The Kier molecular flexibility index (Phi) is 9.95. The fourth-order valence-electron chi connectivity index (χ4n) is 1.24. The van der Waals surface area contributed by atoms with Crippen LogP contribution in [0.2, 0.25) is 0 Å². The molecule has 100 valence electrons. The number of carboxylic acids is 1. The lowest BCUT2D eigenvalue weighted by Crippen LogP contribution is -2.42. The summed E-state index contributed by atoms with van der Waals surface area (Å²) in [5.74, 6) is -0.200. The normalized spacial score (nSPS) is 12.1. The van der Waals surface area contributed by atoms with Gasteiger partial charge >= 0.3 is 5.97 Å². The number of carbonyl (C=O) groups excluding carboxylic acids is 1. The van der Waals surface area contributed by atoms with Crippen LogP contribution in [0.5, 0.6) is 0 Å². The highest BCUT2D eigenvalue weighted by atomic mass is 32.2. The SMILES string of the molecule is CCCCCSCC(=O)N[C@@H](CCO)C(=O)O. The van der Waals surface area contributed by atoms with Gasteiger partial charge in [0.2, 0.25) is 5.91 Å². The van der Waals surface area contributed by atoms with Crippen LogP contribution in [0, 0.1) is 0 Å². The van der Waals surface area contributed by atoms with Crippen LogP contribution in [-0.2, 0) is 9.59 Å². The molecule has 0 bridgehead atoms. The number of unbranched alkanes of at least 4 members (excludes halogenated alkanes) is 2. The first-order valence-corrected chi connectivity index (χ1v) is 6.98.